The summed E-state index contributed by atoms with van der Waals surface area (Å²) in [5.74, 6) is 1.69. The minimum absolute atomic E-state index is 0.138. The van der Waals surface area contributed by atoms with Gasteiger partial charge >= 0.3 is 0 Å². The van der Waals surface area contributed by atoms with Gasteiger partial charge in [-0.1, -0.05) is 0 Å². The van der Waals surface area contributed by atoms with E-state index in [0.717, 1.165) is 27.6 Å². The highest BCUT2D eigenvalue weighted by atomic mass is 32.1. The average Bonchev–Trinajstić information content (AvgIpc) is 2.96. The van der Waals surface area contributed by atoms with Gasteiger partial charge in [0.25, 0.3) is 0 Å². The molecule has 0 aliphatic rings. The summed E-state index contributed by atoms with van der Waals surface area (Å²) in [5, 5.41) is 10.9. The molecule has 1 N–H and O–H groups in total. The molecular weight excluding hydrogens is 270 g/mol. The van der Waals surface area contributed by atoms with Crippen LogP contribution in [-0.2, 0) is 7.05 Å². The molecule has 0 amide bonds. The van der Waals surface area contributed by atoms with Crippen LogP contribution in [0.2, 0.25) is 0 Å². The summed E-state index contributed by atoms with van der Waals surface area (Å²) in [6, 6.07) is 2.16. The lowest BCUT2D eigenvalue weighted by atomic mass is 10.2. The fourth-order valence-electron chi connectivity index (χ4n) is 2.38. The van der Waals surface area contributed by atoms with Crippen molar-refractivity contribution >= 4 is 27.4 Å². The first-order chi connectivity index (χ1) is 9.56. The van der Waals surface area contributed by atoms with Crippen molar-refractivity contribution in [3.05, 3.63) is 34.7 Å². The number of anilines is 1. The van der Waals surface area contributed by atoms with Crippen molar-refractivity contribution < 1.29 is 0 Å². The maximum Gasteiger partial charge on any atom is 0.139 e. The molecule has 0 radical (unpaired) electrons. The first-order valence-electron chi connectivity index (χ1n) is 6.53. The summed E-state index contributed by atoms with van der Waals surface area (Å²) in [6.07, 6.45) is 1.81. The highest BCUT2D eigenvalue weighted by Crippen LogP contribution is 2.31. The summed E-state index contributed by atoms with van der Waals surface area (Å²) < 4.78 is 1.88. The van der Waals surface area contributed by atoms with Crippen LogP contribution >= 0.6 is 11.3 Å². The third-order valence-electron chi connectivity index (χ3n) is 3.39. The molecule has 0 saturated heterocycles. The number of aryl methyl sites for hydroxylation is 3. The van der Waals surface area contributed by atoms with E-state index >= 15 is 0 Å². The van der Waals surface area contributed by atoms with Crippen LogP contribution in [0, 0.1) is 13.8 Å². The minimum atomic E-state index is 0.138. The second kappa shape index (κ2) is 4.86. The van der Waals surface area contributed by atoms with E-state index in [9.17, 15) is 0 Å². The topological polar surface area (TPSA) is 55.6 Å². The predicted octanol–water partition coefficient (Wildman–Crippen LogP) is 3.21. The molecule has 0 aliphatic carbocycles. The molecule has 104 valence electrons. The van der Waals surface area contributed by atoms with Crippen molar-refractivity contribution in [1.29, 1.82) is 0 Å². The Labute approximate surface area is 121 Å². The van der Waals surface area contributed by atoms with Crippen molar-refractivity contribution in [1.82, 2.24) is 19.7 Å². The van der Waals surface area contributed by atoms with Gasteiger partial charge in [-0.15, -0.1) is 11.3 Å². The van der Waals surface area contributed by atoms with Crippen LogP contribution in [0.3, 0.4) is 0 Å². The number of rotatable bonds is 3. The van der Waals surface area contributed by atoms with E-state index in [1.165, 1.54) is 5.56 Å². The van der Waals surface area contributed by atoms with Crippen molar-refractivity contribution in [2.45, 2.75) is 26.8 Å². The summed E-state index contributed by atoms with van der Waals surface area (Å²) in [4.78, 5) is 10.1. The van der Waals surface area contributed by atoms with Gasteiger partial charge in [-0.05, 0) is 37.8 Å². The van der Waals surface area contributed by atoms with E-state index < -0.39 is 0 Å². The summed E-state index contributed by atoms with van der Waals surface area (Å²) in [7, 11) is 1.95. The van der Waals surface area contributed by atoms with E-state index in [0.29, 0.717) is 0 Å². The lowest BCUT2D eigenvalue weighted by Gasteiger charge is -2.16. The number of nitrogens with zero attached hydrogens (tertiary/aromatic N) is 4. The van der Waals surface area contributed by atoms with Crippen LogP contribution in [0.15, 0.2) is 17.6 Å². The zero-order chi connectivity index (χ0) is 14.3. The van der Waals surface area contributed by atoms with Gasteiger partial charge in [0.15, 0.2) is 0 Å². The number of hydrogen-bond donors (Lipinski definition) is 1. The molecule has 3 aromatic heterocycles. The van der Waals surface area contributed by atoms with Crippen molar-refractivity contribution in [3.63, 3.8) is 0 Å². The molecule has 5 nitrogen and oxygen atoms in total. The minimum Gasteiger partial charge on any atom is -0.361 e. The fraction of sp³-hybridized carbons (Fsp3) is 0.357. The molecule has 3 aromatic rings. The van der Waals surface area contributed by atoms with Gasteiger partial charge in [0.2, 0.25) is 0 Å². The Morgan fingerprint density at radius 1 is 1.30 bits per heavy atom. The number of hydrogen-bond acceptors (Lipinski definition) is 5. The van der Waals surface area contributed by atoms with E-state index in [-0.39, 0.29) is 6.04 Å². The number of nitrogens with one attached hydrogen (secondary N) is 1. The van der Waals surface area contributed by atoms with E-state index in [2.05, 4.69) is 39.6 Å². The standard InChI is InChI=1S/C14H17N5S/c1-8-7-20-14-12(8)13(17-10(3)18-14)16-9(2)11-5-6-15-19(11)4/h5-7,9H,1-4H3,(H,16,17,18)/t9-/m1/s1. The van der Waals surface area contributed by atoms with Crippen LogP contribution in [0.25, 0.3) is 10.2 Å². The molecule has 0 fully saturated rings. The van der Waals surface area contributed by atoms with Gasteiger partial charge < -0.3 is 5.32 Å². The van der Waals surface area contributed by atoms with Crippen molar-refractivity contribution in [3.8, 4) is 0 Å². The second-order valence-corrected chi connectivity index (χ2v) is 5.82. The zero-order valence-electron chi connectivity index (χ0n) is 12.0. The smallest absolute Gasteiger partial charge is 0.139 e. The molecule has 6 heteroatoms. The molecule has 0 unspecified atom stereocenters. The highest BCUT2D eigenvalue weighted by Gasteiger charge is 2.15. The van der Waals surface area contributed by atoms with Crippen molar-refractivity contribution in [2.75, 3.05) is 5.32 Å². The molecular formula is C14H17N5S. The molecule has 0 saturated carbocycles. The number of thiophene rings is 1. The molecule has 20 heavy (non-hydrogen) atoms. The SMILES string of the molecule is Cc1nc(N[C@H](C)c2ccnn2C)c2c(C)csc2n1. The normalized spacial score (nSPS) is 12.8. The van der Waals surface area contributed by atoms with Gasteiger partial charge in [0, 0.05) is 13.2 Å². The van der Waals surface area contributed by atoms with Crippen molar-refractivity contribution in [2.24, 2.45) is 7.05 Å². The first-order valence-corrected chi connectivity index (χ1v) is 7.41. The molecule has 3 heterocycles. The van der Waals surface area contributed by atoms with Crippen LogP contribution < -0.4 is 5.32 Å². The quantitative estimate of drug-likeness (QED) is 0.803. The van der Waals surface area contributed by atoms with Gasteiger partial charge in [-0.3, -0.25) is 4.68 Å². The lowest BCUT2D eigenvalue weighted by molar-refractivity contribution is 0.674. The maximum atomic E-state index is 4.57. The number of aromatic nitrogens is 4. The average molecular weight is 287 g/mol. The van der Waals surface area contributed by atoms with Gasteiger partial charge in [-0.2, -0.15) is 5.10 Å². The number of fused-ring (bicyclic) bond motifs is 1. The first kappa shape index (κ1) is 13.1. The Kier molecular flexibility index (Phi) is 3.17. The van der Waals surface area contributed by atoms with Crippen LogP contribution in [0.5, 0.6) is 0 Å². The van der Waals surface area contributed by atoms with E-state index in [4.69, 9.17) is 0 Å². The Morgan fingerprint density at radius 3 is 2.80 bits per heavy atom. The molecule has 0 aromatic carbocycles. The molecule has 3 rings (SSSR count). The van der Waals surface area contributed by atoms with Crippen LogP contribution in [0.1, 0.15) is 30.0 Å². The molecule has 1 atom stereocenters. The fourth-order valence-corrected chi connectivity index (χ4v) is 3.35. The van der Waals surface area contributed by atoms with Gasteiger partial charge in [0.05, 0.1) is 17.1 Å². The Morgan fingerprint density at radius 2 is 2.10 bits per heavy atom. The zero-order valence-corrected chi connectivity index (χ0v) is 12.8. The summed E-state index contributed by atoms with van der Waals surface area (Å²) in [6.45, 7) is 6.13. The Balaban J connectivity index is 2.02. The van der Waals surface area contributed by atoms with Crippen LogP contribution in [0.4, 0.5) is 5.82 Å². The Bertz CT molecular complexity index is 758. The second-order valence-electron chi connectivity index (χ2n) is 4.96. The van der Waals surface area contributed by atoms with Gasteiger partial charge in [-0.25, -0.2) is 9.97 Å². The maximum absolute atomic E-state index is 4.57. The third-order valence-corrected chi connectivity index (χ3v) is 4.38. The molecule has 0 spiro atoms. The Hall–Kier alpha value is -1.95. The monoisotopic (exact) mass is 287 g/mol. The summed E-state index contributed by atoms with van der Waals surface area (Å²) >= 11 is 1.66. The van der Waals surface area contributed by atoms with Crippen LogP contribution in [-0.4, -0.2) is 19.7 Å². The summed E-state index contributed by atoms with van der Waals surface area (Å²) in [5.41, 5.74) is 2.34. The van der Waals surface area contributed by atoms with E-state index in [1.807, 2.05) is 30.9 Å². The largest absolute Gasteiger partial charge is 0.361 e. The molecule has 0 bridgehead atoms. The third kappa shape index (κ3) is 2.16. The highest BCUT2D eigenvalue weighted by molar-refractivity contribution is 7.17. The molecule has 0 aliphatic heterocycles. The predicted molar refractivity (Wildman–Crippen MR) is 82.1 cm³/mol. The lowest BCUT2D eigenvalue weighted by Crippen LogP contribution is -2.13. The van der Waals surface area contributed by atoms with Gasteiger partial charge in [0.1, 0.15) is 16.5 Å². The van der Waals surface area contributed by atoms with E-state index in [1.54, 1.807) is 11.3 Å².